The van der Waals surface area contributed by atoms with Gasteiger partial charge in [0.15, 0.2) is 5.78 Å². The lowest BCUT2D eigenvalue weighted by Crippen LogP contribution is -2.42. The minimum absolute atomic E-state index is 0.110. The van der Waals surface area contributed by atoms with E-state index in [2.05, 4.69) is 29.4 Å². The Hall–Kier alpha value is -2.95. The number of likely N-dealkylation sites (tertiary alicyclic amines) is 1. The van der Waals surface area contributed by atoms with Gasteiger partial charge in [0.25, 0.3) is 0 Å². The molecule has 1 aromatic heterocycles. The van der Waals surface area contributed by atoms with Crippen molar-refractivity contribution >= 4 is 22.5 Å². The van der Waals surface area contributed by atoms with E-state index in [1.165, 1.54) is 16.5 Å². The second-order valence-corrected chi connectivity index (χ2v) is 8.17. The van der Waals surface area contributed by atoms with Gasteiger partial charge >= 0.3 is 0 Å². The van der Waals surface area contributed by atoms with Crippen molar-refractivity contribution in [2.45, 2.75) is 38.6 Å². The molecule has 2 heterocycles. The number of rotatable bonds is 5. The van der Waals surface area contributed by atoms with Crippen molar-refractivity contribution in [1.29, 1.82) is 0 Å². The average Bonchev–Trinajstić information content (AvgIpc) is 3.43. The van der Waals surface area contributed by atoms with Crippen molar-refractivity contribution in [2.24, 2.45) is 5.92 Å². The van der Waals surface area contributed by atoms with E-state index in [4.69, 9.17) is 0 Å². The molecule has 1 atom stereocenters. The van der Waals surface area contributed by atoms with Gasteiger partial charge in [0.05, 0.1) is 0 Å². The Bertz CT molecular complexity index is 1060. The van der Waals surface area contributed by atoms with Crippen LogP contribution in [0.2, 0.25) is 0 Å². The number of Topliss-reactive ketones (excluding diaryl/α,β-unsaturated/α-hetero) is 1. The molecule has 0 N–H and O–H groups in total. The quantitative estimate of drug-likeness (QED) is 0.628. The molecule has 1 amide bonds. The summed E-state index contributed by atoms with van der Waals surface area (Å²) >= 11 is 0. The van der Waals surface area contributed by atoms with E-state index in [1.54, 1.807) is 10.9 Å². The van der Waals surface area contributed by atoms with Gasteiger partial charge in [0, 0.05) is 49.9 Å². The Labute approximate surface area is 170 Å². The van der Waals surface area contributed by atoms with E-state index in [-0.39, 0.29) is 17.6 Å². The van der Waals surface area contributed by atoms with E-state index >= 15 is 0 Å². The zero-order chi connectivity index (χ0) is 19.8. The number of benzene rings is 2. The number of piperidine rings is 1. The van der Waals surface area contributed by atoms with Crippen molar-refractivity contribution < 1.29 is 9.59 Å². The first-order valence-electron chi connectivity index (χ1n) is 10.5. The predicted molar refractivity (Wildman–Crippen MR) is 112 cm³/mol. The lowest BCUT2D eigenvalue weighted by atomic mass is 9.87. The lowest BCUT2D eigenvalue weighted by Gasteiger charge is -2.32. The van der Waals surface area contributed by atoms with Crippen molar-refractivity contribution in [3.05, 3.63) is 65.5 Å². The molecule has 0 spiro atoms. The average molecular weight is 387 g/mol. The van der Waals surface area contributed by atoms with Crippen LogP contribution in [-0.4, -0.2) is 39.5 Å². The first-order chi connectivity index (χ1) is 14.2. The standard InChI is InChI=1S/C24H25N3O2/c28-22(11-15-27-14-3-12-25-27)26-13-2-5-19(16-26)24(29)21-10-9-18-8-7-17-4-1-6-20(21)23(17)18/h1,3-4,6,9-10,12,14,19H,2,5,7-8,11,13,15-16H2/t19-/m1/s1. The van der Waals surface area contributed by atoms with Crippen LogP contribution in [0.1, 0.15) is 40.7 Å². The minimum atomic E-state index is -0.115. The van der Waals surface area contributed by atoms with Crippen LogP contribution in [0.4, 0.5) is 0 Å². The smallest absolute Gasteiger partial charge is 0.224 e. The molecule has 5 rings (SSSR count). The maximum Gasteiger partial charge on any atom is 0.224 e. The lowest BCUT2D eigenvalue weighted by molar-refractivity contribution is -0.132. The fourth-order valence-electron chi connectivity index (χ4n) is 4.90. The Balaban J connectivity index is 1.33. The SMILES string of the molecule is O=C(c1ccc2c3c(cccc13)CC2)[C@@H]1CCCN(C(=O)CCn2cccn2)C1. The van der Waals surface area contributed by atoms with Crippen LogP contribution in [0.15, 0.2) is 48.8 Å². The zero-order valence-electron chi connectivity index (χ0n) is 16.5. The van der Waals surface area contributed by atoms with Gasteiger partial charge in [-0.25, -0.2) is 0 Å². The predicted octanol–water partition coefficient (Wildman–Crippen LogP) is 3.65. The monoisotopic (exact) mass is 387 g/mol. The zero-order valence-corrected chi connectivity index (χ0v) is 16.5. The molecule has 148 valence electrons. The maximum atomic E-state index is 13.4. The summed E-state index contributed by atoms with van der Waals surface area (Å²) in [4.78, 5) is 28.0. The Morgan fingerprint density at radius 3 is 2.76 bits per heavy atom. The second-order valence-electron chi connectivity index (χ2n) is 8.17. The number of aryl methyl sites for hydroxylation is 3. The molecular weight excluding hydrogens is 362 g/mol. The third-order valence-electron chi connectivity index (χ3n) is 6.40. The van der Waals surface area contributed by atoms with Gasteiger partial charge in [0.2, 0.25) is 5.91 Å². The summed E-state index contributed by atoms with van der Waals surface area (Å²) in [6.45, 7) is 1.85. The molecule has 1 fully saturated rings. The Kier molecular flexibility index (Phi) is 4.66. The van der Waals surface area contributed by atoms with Crippen molar-refractivity contribution in [2.75, 3.05) is 13.1 Å². The number of carbonyl (C=O) groups excluding carboxylic acids is 2. The van der Waals surface area contributed by atoms with Crippen LogP contribution in [-0.2, 0) is 24.2 Å². The number of carbonyl (C=O) groups is 2. The third kappa shape index (κ3) is 3.35. The summed E-state index contributed by atoms with van der Waals surface area (Å²) in [5, 5.41) is 6.52. The molecule has 3 aromatic rings. The number of ketones is 1. The minimum Gasteiger partial charge on any atom is -0.342 e. The van der Waals surface area contributed by atoms with Gasteiger partial charge in [-0.1, -0.05) is 30.3 Å². The highest BCUT2D eigenvalue weighted by Gasteiger charge is 2.30. The molecule has 2 aromatic carbocycles. The van der Waals surface area contributed by atoms with Crippen molar-refractivity contribution in [3.8, 4) is 0 Å². The van der Waals surface area contributed by atoms with E-state index < -0.39 is 0 Å². The van der Waals surface area contributed by atoms with Gasteiger partial charge in [-0.15, -0.1) is 0 Å². The van der Waals surface area contributed by atoms with Crippen molar-refractivity contribution in [3.63, 3.8) is 0 Å². The molecule has 29 heavy (non-hydrogen) atoms. The first kappa shape index (κ1) is 18.1. The van der Waals surface area contributed by atoms with E-state index in [0.29, 0.717) is 19.5 Å². The molecule has 0 saturated carbocycles. The van der Waals surface area contributed by atoms with Crippen molar-refractivity contribution in [1.82, 2.24) is 14.7 Å². The normalized spacial score (nSPS) is 18.3. The van der Waals surface area contributed by atoms with Crippen LogP contribution in [0.5, 0.6) is 0 Å². The molecule has 0 unspecified atom stereocenters. The molecule has 1 aliphatic carbocycles. The molecule has 5 nitrogen and oxygen atoms in total. The molecule has 0 radical (unpaired) electrons. The number of nitrogens with zero attached hydrogens (tertiary/aromatic N) is 3. The fourth-order valence-corrected chi connectivity index (χ4v) is 4.90. The summed E-state index contributed by atoms with van der Waals surface area (Å²) < 4.78 is 1.78. The maximum absolute atomic E-state index is 13.4. The second kappa shape index (κ2) is 7.47. The Morgan fingerprint density at radius 1 is 1.07 bits per heavy atom. The van der Waals surface area contributed by atoms with Crippen LogP contribution < -0.4 is 0 Å². The number of aromatic nitrogens is 2. The summed E-state index contributed by atoms with van der Waals surface area (Å²) in [7, 11) is 0. The van der Waals surface area contributed by atoms with Gasteiger partial charge in [-0.05, 0) is 53.6 Å². The molecule has 0 bridgehead atoms. The summed E-state index contributed by atoms with van der Waals surface area (Å²) in [6, 6.07) is 12.3. The van der Waals surface area contributed by atoms with Gasteiger partial charge in [-0.3, -0.25) is 14.3 Å². The summed E-state index contributed by atoms with van der Waals surface area (Å²) in [5.74, 6) is 0.180. The molecule has 2 aliphatic rings. The summed E-state index contributed by atoms with van der Waals surface area (Å²) in [5.41, 5.74) is 3.53. The van der Waals surface area contributed by atoms with Crippen LogP contribution in [0.3, 0.4) is 0 Å². The molecule has 1 aliphatic heterocycles. The highest BCUT2D eigenvalue weighted by Crippen LogP contribution is 2.34. The largest absolute Gasteiger partial charge is 0.342 e. The molecular formula is C24H25N3O2. The fraction of sp³-hybridized carbons (Fsp3) is 0.375. The van der Waals surface area contributed by atoms with E-state index in [1.807, 2.05) is 23.2 Å². The van der Waals surface area contributed by atoms with Gasteiger partial charge < -0.3 is 4.90 Å². The number of hydrogen-bond donors (Lipinski definition) is 0. The van der Waals surface area contributed by atoms with Crippen LogP contribution in [0, 0.1) is 5.92 Å². The Morgan fingerprint density at radius 2 is 1.93 bits per heavy atom. The number of hydrogen-bond acceptors (Lipinski definition) is 3. The number of amides is 1. The van der Waals surface area contributed by atoms with Gasteiger partial charge in [0.1, 0.15) is 0 Å². The summed E-state index contributed by atoms with van der Waals surface area (Å²) in [6.07, 6.45) is 7.86. The van der Waals surface area contributed by atoms with Crippen LogP contribution >= 0.6 is 0 Å². The van der Waals surface area contributed by atoms with E-state index in [0.717, 1.165) is 43.2 Å². The molecule has 5 heteroatoms. The highest BCUT2D eigenvalue weighted by atomic mass is 16.2. The van der Waals surface area contributed by atoms with E-state index in [9.17, 15) is 9.59 Å². The molecule has 1 saturated heterocycles. The van der Waals surface area contributed by atoms with Gasteiger partial charge in [-0.2, -0.15) is 5.10 Å². The third-order valence-corrected chi connectivity index (χ3v) is 6.40. The van der Waals surface area contributed by atoms with Crippen LogP contribution in [0.25, 0.3) is 10.8 Å². The first-order valence-corrected chi connectivity index (χ1v) is 10.5. The topological polar surface area (TPSA) is 55.2 Å². The highest BCUT2D eigenvalue weighted by molar-refractivity contribution is 6.11.